The highest BCUT2D eigenvalue weighted by Crippen LogP contribution is 2.27. The minimum absolute atomic E-state index is 0.265. The van der Waals surface area contributed by atoms with Crippen LogP contribution in [0.4, 0.5) is 10.5 Å². The molecule has 150 valence electrons. The molecule has 2 aromatic carbocycles. The van der Waals surface area contributed by atoms with Gasteiger partial charge in [-0.25, -0.2) is 9.48 Å². The van der Waals surface area contributed by atoms with Crippen LogP contribution in [0.25, 0.3) is 5.69 Å². The zero-order chi connectivity index (χ0) is 21.1. The summed E-state index contributed by atoms with van der Waals surface area (Å²) in [5, 5.41) is 10.8. The van der Waals surface area contributed by atoms with Crippen LogP contribution < -0.4 is 16.4 Å². The molecule has 0 saturated heterocycles. The third-order valence-corrected chi connectivity index (χ3v) is 4.83. The smallest absolute Gasteiger partial charge is 0.319 e. The molecular weight excluding hydrogens is 413 g/mol. The predicted molar refractivity (Wildman–Crippen MR) is 114 cm³/mol. The van der Waals surface area contributed by atoms with Crippen molar-refractivity contribution in [3.05, 3.63) is 75.5 Å². The molecule has 0 saturated carbocycles. The summed E-state index contributed by atoms with van der Waals surface area (Å²) in [6, 6.07) is 8.96. The molecule has 0 aliphatic carbocycles. The average Bonchev–Trinajstić information content (AvgIpc) is 3.07. The number of nitrogens with two attached hydrogens (primary N) is 1. The third-order valence-electron chi connectivity index (χ3n) is 4.26. The van der Waals surface area contributed by atoms with E-state index in [2.05, 4.69) is 15.7 Å². The molecule has 3 rings (SSSR count). The van der Waals surface area contributed by atoms with Gasteiger partial charge >= 0.3 is 6.03 Å². The zero-order valence-electron chi connectivity index (χ0n) is 15.7. The van der Waals surface area contributed by atoms with Gasteiger partial charge in [0, 0.05) is 21.8 Å². The van der Waals surface area contributed by atoms with Crippen molar-refractivity contribution in [1.82, 2.24) is 15.1 Å². The molecule has 1 aromatic heterocycles. The lowest BCUT2D eigenvalue weighted by Crippen LogP contribution is -2.31. The topological polar surface area (TPSA) is 102 Å². The summed E-state index contributed by atoms with van der Waals surface area (Å²) in [6.45, 7) is 3.70. The first-order chi connectivity index (χ1) is 13.7. The van der Waals surface area contributed by atoms with E-state index in [1.165, 1.54) is 6.07 Å². The number of nitrogens with zero attached hydrogens (tertiary/aromatic N) is 2. The van der Waals surface area contributed by atoms with Crippen LogP contribution in [0.2, 0.25) is 10.0 Å². The van der Waals surface area contributed by atoms with Gasteiger partial charge in [0.15, 0.2) is 0 Å². The SMILES string of the molecule is Cc1cnn(-c2ccc(C(N)=O)cc2NC(=O)N[C@H](C)c2ccc(Cl)cc2Cl)c1. The van der Waals surface area contributed by atoms with Gasteiger partial charge in [0.2, 0.25) is 5.91 Å². The van der Waals surface area contributed by atoms with E-state index in [1.54, 1.807) is 54.3 Å². The van der Waals surface area contributed by atoms with Gasteiger partial charge in [-0.05, 0) is 55.3 Å². The first-order valence-corrected chi connectivity index (χ1v) is 9.48. The van der Waals surface area contributed by atoms with E-state index in [0.717, 1.165) is 11.1 Å². The quantitative estimate of drug-likeness (QED) is 0.554. The van der Waals surface area contributed by atoms with Gasteiger partial charge < -0.3 is 16.4 Å². The van der Waals surface area contributed by atoms with Crippen molar-refractivity contribution in [3.63, 3.8) is 0 Å². The maximum atomic E-state index is 12.6. The number of rotatable bonds is 5. The van der Waals surface area contributed by atoms with E-state index in [-0.39, 0.29) is 11.6 Å². The van der Waals surface area contributed by atoms with E-state index in [0.29, 0.717) is 21.4 Å². The number of hydrogen-bond donors (Lipinski definition) is 3. The number of nitrogens with one attached hydrogen (secondary N) is 2. The normalized spacial score (nSPS) is 11.7. The number of carbonyl (C=O) groups excluding carboxylic acids is 2. The molecule has 0 aliphatic rings. The first kappa shape index (κ1) is 20.7. The maximum Gasteiger partial charge on any atom is 0.319 e. The molecule has 0 unspecified atom stereocenters. The summed E-state index contributed by atoms with van der Waals surface area (Å²) in [6.07, 6.45) is 3.49. The van der Waals surface area contributed by atoms with Crippen LogP contribution in [0.15, 0.2) is 48.8 Å². The number of amides is 3. The van der Waals surface area contributed by atoms with Crippen LogP contribution >= 0.6 is 23.2 Å². The van der Waals surface area contributed by atoms with Gasteiger partial charge in [-0.1, -0.05) is 29.3 Å². The summed E-state index contributed by atoms with van der Waals surface area (Å²) >= 11 is 12.1. The molecule has 0 bridgehead atoms. The van der Waals surface area contributed by atoms with Crippen molar-refractivity contribution >= 4 is 40.8 Å². The highest BCUT2D eigenvalue weighted by Gasteiger charge is 2.16. The van der Waals surface area contributed by atoms with Gasteiger partial charge in [0.1, 0.15) is 0 Å². The number of urea groups is 1. The van der Waals surface area contributed by atoms with Crippen molar-refractivity contribution < 1.29 is 9.59 Å². The highest BCUT2D eigenvalue weighted by molar-refractivity contribution is 6.35. The predicted octanol–water partition coefficient (Wildman–Crippen LogP) is 4.47. The Morgan fingerprint density at radius 2 is 1.93 bits per heavy atom. The van der Waals surface area contributed by atoms with Crippen LogP contribution in [-0.2, 0) is 0 Å². The molecule has 0 radical (unpaired) electrons. The van der Waals surface area contributed by atoms with Crippen LogP contribution in [0.5, 0.6) is 0 Å². The molecule has 9 heteroatoms. The molecule has 1 atom stereocenters. The summed E-state index contributed by atoms with van der Waals surface area (Å²) in [5.74, 6) is -0.599. The Labute approximate surface area is 177 Å². The number of primary amides is 1. The van der Waals surface area contributed by atoms with E-state index in [1.807, 2.05) is 6.92 Å². The number of halogens is 2. The maximum absolute atomic E-state index is 12.6. The molecule has 3 amide bonds. The molecular formula is C20H19Cl2N5O2. The monoisotopic (exact) mass is 431 g/mol. The van der Waals surface area contributed by atoms with Crippen molar-refractivity contribution in [1.29, 1.82) is 0 Å². The lowest BCUT2D eigenvalue weighted by molar-refractivity contribution is 0.1000. The molecule has 0 aliphatic heterocycles. The molecule has 7 nitrogen and oxygen atoms in total. The van der Waals surface area contributed by atoms with Crippen molar-refractivity contribution in [2.45, 2.75) is 19.9 Å². The molecule has 3 aromatic rings. The lowest BCUT2D eigenvalue weighted by atomic mass is 10.1. The van der Waals surface area contributed by atoms with E-state index >= 15 is 0 Å². The number of hydrogen-bond acceptors (Lipinski definition) is 3. The van der Waals surface area contributed by atoms with Gasteiger partial charge in [-0.15, -0.1) is 0 Å². The first-order valence-electron chi connectivity index (χ1n) is 8.72. The van der Waals surface area contributed by atoms with Crippen LogP contribution in [0, 0.1) is 6.92 Å². The Kier molecular flexibility index (Phi) is 6.10. The zero-order valence-corrected chi connectivity index (χ0v) is 17.3. The number of anilines is 1. The minimum atomic E-state index is -0.599. The Hall–Kier alpha value is -3.03. The van der Waals surface area contributed by atoms with Gasteiger partial charge in [-0.3, -0.25) is 4.79 Å². The average molecular weight is 432 g/mol. The molecule has 1 heterocycles. The fourth-order valence-corrected chi connectivity index (χ4v) is 3.39. The second-order valence-electron chi connectivity index (χ2n) is 6.54. The standard InChI is InChI=1S/C20H19Cl2N5O2/c1-11-9-24-27(10-11)18-6-3-13(19(23)28)7-17(18)26-20(29)25-12(2)15-5-4-14(21)8-16(15)22/h3-10,12H,1-2H3,(H2,23,28)(H2,25,26,29)/t12-/m1/s1. The second-order valence-corrected chi connectivity index (χ2v) is 7.39. The van der Waals surface area contributed by atoms with Gasteiger partial charge in [0.25, 0.3) is 0 Å². The number of benzene rings is 2. The lowest BCUT2D eigenvalue weighted by Gasteiger charge is -2.18. The van der Waals surface area contributed by atoms with Crippen LogP contribution in [0.3, 0.4) is 0 Å². The molecule has 29 heavy (non-hydrogen) atoms. The summed E-state index contributed by atoms with van der Waals surface area (Å²) in [7, 11) is 0. The van der Waals surface area contributed by atoms with Crippen molar-refractivity contribution in [2.24, 2.45) is 5.73 Å². The Bertz CT molecular complexity index is 1080. The van der Waals surface area contributed by atoms with E-state index in [9.17, 15) is 9.59 Å². The highest BCUT2D eigenvalue weighted by atomic mass is 35.5. The fourth-order valence-electron chi connectivity index (χ4n) is 2.82. The Balaban J connectivity index is 1.84. The number of carbonyl (C=O) groups is 2. The van der Waals surface area contributed by atoms with Crippen molar-refractivity contribution in [2.75, 3.05) is 5.32 Å². The van der Waals surface area contributed by atoms with Crippen LogP contribution in [-0.4, -0.2) is 21.7 Å². The molecule has 0 spiro atoms. The third kappa shape index (κ3) is 4.88. The number of aryl methyl sites for hydroxylation is 1. The van der Waals surface area contributed by atoms with Crippen LogP contribution in [0.1, 0.15) is 34.5 Å². The number of aromatic nitrogens is 2. The van der Waals surface area contributed by atoms with Gasteiger partial charge in [-0.2, -0.15) is 5.10 Å². The Morgan fingerprint density at radius 3 is 2.55 bits per heavy atom. The van der Waals surface area contributed by atoms with E-state index in [4.69, 9.17) is 28.9 Å². The summed E-state index contributed by atoms with van der Waals surface area (Å²) in [5.41, 5.74) is 8.29. The molecule has 4 N–H and O–H groups in total. The van der Waals surface area contributed by atoms with Crippen molar-refractivity contribution in [3.8, 4) is 5.69 Å². The summed E-state index contributed by atoms with van der Waals surface area (Å²) < 4.78 is 1.61. The molecule has 0 fully saturated rings. The second kappa shape index (κ2) is 8.55. The fraction of sp³-hybridized carbons (Fsp3) is 0.150. The largest absolute Gasteiger partial charge is 0.366 e. The van der Waals surface area contributed by atoms with Gasteiger partial charge in [0.05, 0.1) is 23.6 Å². The Morgan fingerprint density at radius 1 is 1.17 bits per heavy atom. The minimum Gasteiger partial charge on any atom is -0.366 e. The summed E-state index contributed by atoms with van der Waals surface area (Å²) in [4.78, 5) is 24.2. The van der Waals surface area contributed by atoms with E-state index < -0.39 is 11.9 Å².